The lowest BCUT2D eigenvalue weighted by atomic mass is 10.3. The Bertz CT molecular complexity index is 561. The molecule has 0 saturated carbocycles. The van der Waals surface area contributed by atoms with Gasteiger partial charge in [0.15, 0.2) is 9.84 Å². The van der Waals surface area contributed by atoms with Crippen molar-refractivity contribution in [1.82, 2.24) is 10.6 Å². The number of carbonyl (C=O) groups excluding carboxylic acids is 1. The van der Waals surface area contributed by atoms with Crippen LogP contribution in [0.15, 0.2) is 29.2 Å². The molecule has 1 amide bonds. The largest absolute Gasteiger partial charge is 0.493 e. The van der Waals surface area contributed by atoms with Gasteiger partial charge in [-0.2, -0.15) is 0 Å². The SMILES string of the molecule is CCCNCCNC(=O)CCOc1ccc(S(C)(=O)=O)cc1.Cl. The van der Waals surface area contributed by atoms with Crippen LogP contribution in [0.25, 0.3) is 0 Å². The Hall–Kier alpha value is -1.31. The molecule has 0 aliphatic carbocycles. The van der Waals surface area contributed by atoms with Crippen molar-refractivity contribution in [3.05, 3.63) is 24.3 Å². The molecule has 132 valence electrons. The molecule has 1 aromatic carbocycles. The highest BCUT2D eigenvalue weighted by molar-refractivity contribution is 7.90. The summed E-state index contributed by atoms with van der Waals surface area (Å²) in [4.78, 5) is 11.8. The van der Waals surface area contributed by atoms with Crippen LogP contribution in [0.3, 0.4) is 0 Å². The second-order valence-corrected chi connectivity index (χ2v) is 6.96. The molecule has 2 N–H and O–H groups in total. The summed E-state index contributed by atoms with van der Waals surface area (Å²) in [6, 6.07) is 6.15. The standard InChI is InChI=1S/C15H24N2O4S.ClH/c1-3-9-16-10-11-17-15(18)8-12-21-13-4-6-14(7-5-13)22(2,19)20;/h4-7,16H,3,8-12H2,1-2H3,(H,17,18);1H. The number of ether oxygens (including phenoxy) is 1. The van der Waals surface area contributed by atoms with E-state index in [-0.39, 0.29) is 36.2 Å². The molecule has 0 aliphatic rings. The number of rotatable bonds is 10. The Balaban J connectivity index is 0.00000484. The van der Waals surface area contributed by atoms with Gasteiger partial charge in [-0.25, -0.2) is 8.42 Å². The highest BCUT2D eigenvalue weighted by Crippen LogP contribution is 2.15. The van der Waals surface area contributed by atoms with E-state index in [4.69, 9.17) is 4.74 Å². The third-order valence-corrected chi connectivity index (χ3v) is 4.03. The molecule has 23 heavy (non-hydrogen) atoms. The Morgan fingerprint density at radius 2 is 1.78 bits per heavy atom. The fourth-order valence-corrected chi connectivity index (χ4v) is 2.36. The van der Waals surface area contributed by atoms with Crippen LogP contribution in [0.2, 0.25) is 0 Å². The molecule has 0 spiro atoms. The molecule has 0 heterocycles. The Labute approximate surface area is 144 Å². The first kappa shape index (κ1) is 21.7. The maximum atomic E-state index is 11.6. The van der Waals surface area contributed by atoms with E-state index in [1.54, 1.807) is 12.1 Å². The van der Waals surface area contributed by atoms with E-state index in [9.17, 15) is 13.2 Å². The monoisotopic (exact) mass is 364 g/mol. The molecule has 0 unspecified atom stereocenters. The topological polar surface area (TPSA) is 84.5 Å². The van der Waals surface area contributed by atoms with E-state index in [1.165, 1.54) is 12.1 Å². The fourth-order valence-electron chi connectivity index (χ4n) is 1.73. The van der Waals surface area contributed by atoms with E-state index in [2.05, 4.69) is 17.6 Å². The quantitative estimate of drug-likeness (QED) is 0.613. The molecule has 0 bridgehead atoms. The summed E-state index contributed by atoms with van der Waals surface area (Å²) in [6.45, 7) is 4.65. The lowest BCUT2D eigenvalue weighted by molar-refractivity contribution is -0.121. The van der Waals surface area contributed by atoms with Crippen LogP contribution in [-0.4, -0.2) is 46.8 Å². The Morgan fingerprint density at radius 3 is 2.35 bits per heavy atom. The zero-order valence-electron chi connectivity index (χ0n) is 13.5. The number of amides is 1. The van der Waals surface area contributed by atoms with Crippen molar-refractivity contribution in [3.63, 3.8) is 0 Å². The molecule has 0 atom stereocenters. The number of carbonyl (C=O) groups is 1. The molecular formula is C15H25ClN2O4S. The third-order valence-electron chi connectivity index (χ3n) is 2.90. The van der Waals surface area contributed by atoms with Gasteiger partial charge in [-0.15, -0.1) is 12.4 Å². The van der Waals surface area contributed by atoms with Crippen molar-refractivity contribution in [2.45, 2.75) is 24.7 Å². The summed E-state index contributed by atoms with van der Waals surface area (Å²) in [5.74, 6) is 0.482. The zero-order valence-corrected chi connectivity index (χ0v) is 15.1. The second kappa shape index (κ2) is 11.3. The highest BCUT2D eigenvalue weighted by Gasteiger charge is 2.07. The summed E-state index contributed by atoms with van der Waals surface area (Å²) < 4.78 is 28.0. The van der Waals surface area contributed by atoms with Gasteiger partial charge in [0.2, 0.25) is 5.91 Å². The minimum absolute atomic E-state index is 0. The number of sulfone groups is 1. The van der Waals surface area contributed by atoms with Gasteiger partial charge in [-0.3, -0.25) is 4.79 Å². The van der Waals surface area contributed by atoms with Gasteiger partial charge < -0.3 is 15.4 Å². The van der Waals surface area contributed by atoms with E-state index in [1.807, 2.05) is 0 Å². The van der Waals surface area contributed by atoms with E-state index < -0.39 is 9.84 Å². The lowest BCUT2D eigenvalue weighted by Gasteiger charge is -2.08. The molecule has 1 aromatic rings. The average Bonchev–Trinajstić information content (AvgIpc) is 2.46. The zero-order chi connectivity index (χ0) is 16.4. The predicted molar refractivity (Wildman–Crippen MR) is 93.1 cm³/mol. The van der Waals surface area contributed by atoms with Crippen LogP contribution in [0.1, 0.15) is 19.8 Å². The molecular weight excluding hydrogens is 340 g/mol. The first-order valence-electron chi connectivity index (χ1n) is 7.34. The van der Waals surface area contributed by atoms with Gasteiger partial charge in [0.05, 0.1) is 17.9 Å². The minimum Gasteiger partial charge on any atom is -0.493 e. The maximum Gasteiger partial charge on any atom is 0.223 e. The smallest absolute Gasteiger partial charge is 0.223 e. The fraction of sp³-hybridized carbons (Fsp3) is 0.533. The van der Waals surface area contributed by atoms with Gasteiger partial charge in [-0.05, 0) is 37.2 Å². The molecule has 0 saturated heterocycles. The van der Waals surface area contributed by atoms with Crippen molar-refractivity contribution >= 4 is 28.2 Å². The number of nitrogens with one attached hydrogen (secondary N) is 2. The molecule has 8 heteroatoms. The summed E-state index contributed by atoms with van der Waals surface area (Å²) in [5.41, 5.74) is 0. The summed E-state index contributed by atoms with van der Waals surface area (Å²) in [6.07, 6.45) is 2.49. The maximum absolute atomic E-state index is 11.6. The highest BCUT2D eigenvalue weighted by atomic mass is 35.5. The molecule has 0 aliphatic heterocycles. The first-order valence-corrected chi connectivity index (χ1v) is 9.23. The van der Waals surface area contributed by atoms with E-state index in [0.29, 0.717) is 12.3 Å². The van der Waals surface area contributed by atoms with Crippen LogP contribution < -0.4 is 15.4 Å². The molecule has 0 fully saturated rings. The second-order valence-electron chi connectivity index (χ2n) is 4.94. The van der Waals surface area contributed by atoms with E-state index >= 15 is 0 Å². The van der Waals surface area contributed by atoms with Crippen molar-refractivity contribution in [3.8, 4) is 5.75 Å². The van der Waals surface area contributed by atoms with Gasteiger partial charge >= 0.3 is 0 Å². The van der Waals surface area contributed by atoms with Crippen LogP contribution in [0, 0.1) is 0 Å². The normalized spacial score (nSPS) is 10.7. The first-order chi connectivity index (χ1) is 10.4. The Morgan fingerprint density at radius 1 is 1.13 bits per heavy atom. The Kier molecular flexibility index (Phi) is 10.6. The van der Waals surface area contributed by atoms with Crippen molar-refractivity contribution in [1.29, 1.82) is 0 Å². The van der Waals surface area contributed by atoms with Crippen molar-refractivity contribution in [2.24, 2.45) is 0 Å². The van der Waals surface area contributed by atoms with Crippen LogP contribution >= 0.6 is 12.4 Å². The molecule has 6 nitrogen and oxygen atoms in total. The molecule has 1 rings (SSSR count). The van der Waals surface area contributed by atoms with Crippen LogP contribution in [-0.2, 0) is 14.6 Å². The lowest BCUT2D eigenvalue weighted by Crippen LogP contribution is -2.32. The predicted octanol–water partition coefficient (Wildman–Crippen LogP) is 1.40. The average molecular weight is 365 g/mol. The number of benzene rings is 1. The van der Waals surface area contributed by atoms with Gasteiger partial charge in [-0.1, -0.05) is 6.92 Å². The van der Waals surface area contributed by atoms with Crippen LogP contribution in [0.5, 0.6) is 5.75 Å². The van der Waals surface area contributed by atoms with Gasteiger partial charge in [0.1, 0.15) is 5.75 Å². The van der Waals surface area contributed by atoms with Gasteiger partial charge in [0, 0.05) is 19.3 Å². The van der Waals surface area contributed by atoms with Crippen LogP contribution in [0.4, 0.5) is 0 Å². The molecule has 0 radical (unpaired) electrons. The summed E-state index contributed by atoms with van der Waals surface area (Å²) >= 11 is 0. The number of hydrogen-bond donors (Lipinski definition) is 2. The van der Waals surface area contributed by atoms with Gasteiger partial charge in [0.25, 0.3) is 0 Å². The third kappa shape index (κ3) is 9.43. The number of halogens is 1. The summed E-state index contributed by atoms with van der Waals surface area (Å²) in [7, 11) is -3.20. The minimum atomic E-state index is -3.20. The molecule has 0 aromatic heterocycles. The van der Waals surface area contributed by atoms with Crippen molar-refractivity contribution < 1.29 is 17.9 Å². The summed E-state index contributed by atoms with van der Waals surface area (Å²) in [5, 5.41) is 5.99. The number of hydrogen-bond acceptors (Lipinski definition) is 5. The van der Waals surface area contributed by atoms with E-state index in [0.717, 1.165) is 25.8 Å². The van der Waals surface area contributed by atoms with Crippen molar-refractivity contribution in [2.75, 3.05) is 32.5 Å².